The minimum absolute atomic E-state index is 0.738. The Labute approximate surface area is 111 Å². The van der Waals surface area contributed by atoms with Crippen molar-refractivity contribution in [1.29, 1.82) is 0 Å². The second-order valence-corrected chi connectivity index (χ2v) is 4.66. The molecule has 0 saturated heterocycles. The summed E-state index contributed by atoms with van der Waals surface area (Å²) < 4.78 is 0. The van der Waals surface area contributed by atoms with Crippen molar-refractivity contribution < 1.29 is 0 Å². The van der Waals surface area contributed by atoms with Gasteiger partial charge in [0.2, 0.25) is 0 Å². The number of aromatic amines is 1. The number of rotatable bonds is 3. The van der Waals surface area contributed by atoms with Gasteiger partial charge < -0.3 is 9.88 Å². The molecule has 19 heavy (non-hydrogen) atoms. The molecule has 0 radical (unpaired) electrons. The molecular formula is C14H15N5. The van der Waals surface area contributed by atoms with Crippen LogP contribution < -0.4 is 4.90 Å². The highest BCUT2D eigenvalue weighted by atomic mass is 15.1. The normalized spacial score (nSPS) is 10.8. The summed E-state index contributed by atoms with van der Waals surface area (Å²) in [5.74, 6) is 1.82. The van der Waals surface area contributed by atoms with Crippen molar-refractivity contribution in [2.24, 2.45) is 0 Å². The monoisotopic (exact) mass is 253 g/mol. The lowest BCUT2D eigenvalue weighted by atomic mass is 10.2. The second kappa shape index (κ2) is 4.68. The summed E-state index contributed by atoms with van der Waals surface area (Å²) in [5, 5.41) is 0. The molecule has 3 heterocycles. The molecule has 3 rings (SSSR count). The first-order chi connectivity index (χ1) is 9.22. The lowest BCUT2D eigenvalue weighted by molar-refractivity contribution is 1.02. The molecule has 0 spiro atoms. The minimum atomic E-state index is 0.738. The van der Waals surface area contributed by atoms with Crippen LogP contribution in [-0.4, -0.2) is 34.0 Å². The van der Waals surface area contributed by atoms with Gasteiger partial charge in [0, 0.05) is 32.9 Å². The predicted octanol–water partition coefficient (Wildman–Crippen LogP) is 2.01. The van der Waals surface area contributed by atoms with Crippen LogP contribution in [0.25, 0.3) is 11.2 Å². The van der Waals surface area contributed by atoms with E-state index < -0.39 is 0 Å². The number of fused-ring (bicyclic) bond motifs is 1. The number of aromatic nitrogens is 4. The molecule has 0 unspecified atom stereocenters. The zero-order valence-electron chi connectivity index (χ0n) is 11.0. The molecule has 0 saturated carbocycles. The van der Waals surface area contributed by atoms with Crippen LogP contribution in [0, 0.1) is 0 Å². The van der Waals surface area contributed by atoms with E-state index in [1.807, 2.05) is 49.5 Å². The molecule has 5 nitrogen and oxygen atoms in total. The summed E-state index contributed by atoms with van der Waals surface area (Å²) in [4.78, 5) is 18.4. The van der Waals surface area contributed by atoms with Crippen LogP contribution >= 0.6 is 0 Å². The second-order valence-electron chi connectivity index (χ2n) is 4.66. The Hall–Kier alpha value is -2.43. The highest BCUT2D eigenvalue weighted by molar-refractivity contribution is 5.73. The van der Waals surface area contributed by atoms with Crippen LogP contribution in [0.2, 0.25) is 0 Å². The number of hydrogen-bond acceptors (Lipinski definition) is 4. The van der Waals surface area contributed by atoms with E-state index in [2.05, 4.69) is 19.9 Å². The van der Waals surface area contributed by atoms with E-state index in [1.54, 1.807) is 6.20 Å². The van der Waals surface area contributed by atoms with E-state index >= 15 is 0 Å². The van der Waals surface area contributed by atoms with Crippen molar-refractivity contribution in [3.05, 3.63) is 48.0 Å². The number of nitrogens with zero attached hydrogens (tertiary/aromatic N) is 4. The SMILES string of the molecule is CN(C)c1ccc2[nH]c(Cc3cccnc3)nc2n1. The Balaban J connectivity index is 1.93. The van der Waals surface area contributed by atoms with Gasteiger partial charge in [-0.3, -0.25) is 4.98 Å². The lowest BCUT2D eigenvalue weighted by Gasteiger charge is -2.09. The molecule has 0 aliphatic rings. The molecule has 0 amide bonds. The van der Waals surface area contributed by atoms with Crippen molar-refractivity contribution in [3.8, 4) is 0 Å². The standard InChI is InChI=1S/C14H15N5/c1-19(2)13-6-5-11-14(18-13)17-12(16-11)8-10-4-3-7-15-9-10/h3-7,9H,8H2,1-2H3,(H,16,17,18). The first-order valence-electron chi connectivity index (χ1n) is 6.14. The molecule has 5 heteroatoms. The fourth-order valence-corrected chi connectivity index (χ4v) is 1.96. The quantitative estimate of drug-likeness (QED) is 0.775. The average molecular weight is 253 g/mol. The molecule has 96 valence electrons. The summed E-state index contributed by atoms with van der Waals surface area (Å²) in [6, 6.07) is 7.96. The van der Waals surface area contributed by atoms with Crippen molar-refractivity contribution in [1.82, 2.24) is 19.9 Å². The number of anilines is 1. The average Bonchev–Trinajstić information content (AvgIpc) is 2.80. The van der Waals surface area contributed by atoms with Gasteiger partial charge in [0.05, 0.1) is 5.52 Å². The van der Waals surface area contributed by atoms with Crippen molar-refractivity contribution >= 4 is 17.0 Å². The Kier molecular flexibility index (Phi) is 2.87. The molecule has 1 N–H and O–H groups in total. The zero-order chi connectivity index (χ0) is 13.2. The first kappa shape index (κ1) is 11.6. The topological polar surface area (TPSA) is 57.7 Å². The largest absolute Gasteiger partial charge is 0.363 e. The van der Waals surface area contributed by atoms with Gasteiger partial charge in [-0.1, -0.05) is 6.07 Å². The lowest BCUT2D eigenvalue weighted by Crippen LogP contribution is -2.10. The number of hydrogen-bond donors (Lipinski definition) is 1. The van der Waals surface area contributed by atoms with Gasteiger partial charge in [-0.15, -0.1) is 0 Å². The van der Waals surface area contributed by atoms with Gasteiger partial charge in [-0.2, -0.15) is 0 Å². The van der Waals surface area contributed by atoms with Crippen LogP contribution in [0.3, 0.4) is 0 Å². The molecule has 0 atom stereocenters. The van der Waals surface area contributed by atoms with Gasteiger partial charge >= 0.3 is 0 Å². The molecule has 0 aliphatic carbocycles. The number of pyridine rings is 2. The third-order valence-electron chi connectivity index (χ3n) is 2.93. The van der Waals surface area contributed by atoms with Crippen molar-refractivity contribution in [3.63, 3.8) is 0 Å². The van der Waals surface area contributed by atoms with E-state index in [0.29, 0.717) is 0 Å². The van der Waals surface area contributed by atoms with Crippen LogP contribution in [-0.2, 0) is 6.42 Å². The summed E-state index contributed by atoms with van der Waals surface area (Å²) in [6.45, 7) is 0. The Morgan fingerprint density at radius 1 is 1.16 bits per heavy atom. The fourth-order valence-electron chi connectivity index (χ4n) is 1.96. The number of imidazole rings is 1. The maximum atomic E-state index is 4.53. The zero-order valence-corrected chi connectivity index (χ0v) is 11.0. The summed E-state index contributed by atoms with van der Waals surface area (Å²) in [6.07, 6.45) is 4.36. The maximum absolute atomic E-state index is 4.53. The van der Waals surface area contributed by atoms with E-state index in [1.165, 1.54) is 0 Å². The number of H-pyrrole nitrogens is 1. The van der Waals surface area contributed by atoms with E-state index in [0.717, 1.165) is 34.8 Å². The van der Waals surface area contributed by atoms with Gasteiger partial charge in [0.15, 0.2) is 5.65 Å². The summed E-state index contributed by atoms with van der Waals surface area (Å²) in [7, 11) is 3.94. The smallest absolute Gasteiger partial charge is 0.179 e. The Morgan fingerprint density at radius 3 is 2.79 bits per heavy atom. The molecule has 0 bridgehead atoms. The van der Waals surface area contributed by atoms with Crippen LogP contribution in [0.5, 0.6) is 0 Å². The molecular weight excluding hydrogens is 238 g/mol. The van der Waals surface area contributed by atoms with Crippen LogP contribution in [0.15, 0.2) is 36.7 Å². The first-order valence-corrected chi connectivity index (χ1v) is 6.14. The molecule has 0 aliphatic heterocycles. The molecule has 0 aromatic carbocycles. The van der Waals surface area contributed by atoms with Gasteiger partial charge in [-0.25, -0.2) is 9.97 Å². The van der Waals surface area contributed by atoms with Crippen molar-refractivity contribution in [2.75, 3.05) is 19.0 Å². The summed E-state index contributed by atoms with van der Waals surface area (Å²) in [5.41, 5.74) is 2.85. The highest BCUT2D eigenvalue weighted by Gasteiger charge is 2.06. The molecule has 3 aromatic rings. The van der Waals surface area contributed by atoms with Gasteiger partial charge in [0.25, 0.3) is 0 Å². The molecule has 3 aromatic heterocycles. The third-order valence-corrected chi connectivity index (χ3v) is 2.93. The van der Waals surface area contributed by atoms with Gasteiger partial charge in [-0.05, 0) is 23.8 Å². The van der Waals surface area contributed by atoms with E-state index in [9.17, 15) is 0 Å². The predicted molar refractivity (Wildman–Crippen MR) is 75.3 cm³/mol. The highest BCUT2D eigenvalue weighted by Crippen LogP contribution is 2.16. The van der Waals surface area contributed by atoms with Crippen LogP contribution in [0.4, 0.5) is 5.82 Å². The number of nitrogens with one attached hydrogen (secondary N) is 1. The third kappa shape index (κ3) is 2.40. The van der Waals surface area contributed by atoms with E-state index in [4.69, 9.17) is 0 Å². The summed E-state index contributed by atoms with van der Waals surface area (Å²) >= 11 is 0. The van der Waals surface area contributed by atoms with Gasteiger partial charge in [0.1, 0.15) is 11.6 Å². The van der Waals surface area contributed by atoms with Crippen molar-refractivity contribution in [2.45, 2.75) is 6.42 Å². The van der Waals surface area contributed by atoms with E-state index in [-0.39, 0.29) is 0 Å². The fraction of sp³-hybridized carbons (Fsp3) is 0.214. The minimum Gasteiger partial charge on any atom is -0.363 e. The Morgan fingerprint density at radius 2 is 2.05 bits per heavy atom. The maximum Gasteiger partial charge on any atom is 0.179 e. The van der Waals surface area contributed by atoms with Crippen LogP contribution in [0.1, 0.15) is 11.4 Å². The molecule has 0 fully saturated rings. The Bertz CT molecular complexity index is 687.